The molecular weight excluding hydrogens is 444 g/mol. The van der Waals surface area contributed by atoms with Gasteiger partial charge < -0.3 is 10.6 Å². The number of hydrogen-bond acceptors (Lipinski definition) is 7. The van der Waals surface area contributed by atoms with Gasteiger partial charge in [0.05, 0.1) is 18.6 Å². The predicted octanol–water partition coefficient (Wildman–Crippen LogP) is 1.15. The minimum atomic E-state index is -0.469. The van der Waals surface area contributed by atoms with Crippen LogP contribution >= 0.6 is 0 Å². The number of rotatable bonds is 4. The van der Waals surface area contributed by atoms with Gasteiger partial charge >= 0.3 is 5.69 Å². The van der Waals surface area contributed by atoms with E-state index in [0.717, 1.165) is 35.9 Å². The molecule has 1 aromatic carbocycles. The summed E-state index contributed by atoms with van der Waals surface area (Å²) in [5.41, 5.74) is 7.80. The first-order valence-electron chi connectivity index (χ1n) is 11.7. The number of anilines is 1. The van der Waals surface area contributed by atoms with Gasteiger partial charge in [-0.25, -0.2) is 14.8 Å². The summed E-state index contributed by atoms with van der Waals surface area (Å²) < 4.78 is 4.38. The van der Waals surface area contributed by atoms with E-state index in [-0.39, 0.29) is 19.1 Å². The van der Waals surface area contributed by atoms with E-state index >= 15 is 0 Å². The molecule has 0 aliphatic carbocycles. The summed E-state index contributed by atoms with van der Waals surface area (Å²) in [7, 11) is 1.62. The smallest absolute Gasteiger partial charge is 0.332 e. The number of imidazole rings is 1. The molecule has 10 nitrogen and oxygen atoms in total. The van der Waals surface area contributed by atoms with Gasteiger partial charge in [0.1, 0.15) is 5.82 Å². The highest BCUT2D eigenvalue weighted by Gasteiger charge is 2.26. The van der Waals surface area contributed by atoms with Crippen LogP contribution in [0, 0.1) is 18.8 Å². The minimum Gasteiger partial charge on any atom is -0.341 e. The van der Waals surface area contributed by atoms with Crippen LogP contribution in [0.5, 0.6) is 0 Å². The van der Waals surface area contributed by atoms with Crippen LogP contribution < -0.4 is 21.9 Å². The highest BCUT2D eigenvalue weighted by Crippen LogP contribution is 2.23. The van der Waals surface area contributed by atoms with Crippen molar-refractivity contribution in [3.05, 3.63) is 56.6 Å². The van der Waals surface area contributed by atoms with Gasteiger partial charge in [0, 0.05) is 37.8 Å². The molecule has 3 aromatic heterocycles. The Morgan fingerprint density at radius 2 is 2.03 bits per heavy atom. The first kappa shape index (κ1) is 22.8. The highest BCUT2D eigenvalue weighted by molar-refractivity contribution is 5.81. The molecule has 4 aromatic rings. The topological polar surface area (TPSA) is 117 Å². The van der Waals surface area contributed by atoms with Crippen LogP contribution in [0.15, 0.2) is 34.0 Å². The fraction of sp³-hybridized carbons (Fsp3) is 0.400. The summed E-state index contributed by atoms with van der Waals surface area (Å²) in [6.07, 6.45) is 3.62. The Morgan fingerprint density at radius 3 is 2.80 bits per heavy atom. The monoisotopic (exact) mass is 472 g/mol. The summed E-state index contributed by atoms with van der Waals surface area (Å²) in [6, 6.07) is 5.84. The number of fused-ring (bicyclic) bond motifs is 2. The molecule has 0 amide bonds. The lowest BCUT2D eigenvalue weighted by Gasteiger charge is -2.31. The van der Waals surface area contributed by atoms with Crippen LogP contribution in [0.3, 0.4) is 0 Å². The molecule has 1 atom stereocenters. The van der Waals surface area contributed by atoms with Crippen LogP contribution in [0.2, 0.25) is 0 Å². The van der Waals surface area contributed by atoms with Crippen molar-refractivity contribution in [2.45, 2.75) is 45.8 Å². The van der Waals surface area contributed by atoms with Crippen LogP contribution in [0.4, 0.5) is 5.95 Å². The van der Waals surface area contributed by atoms with Crippen molar-refractivity contribution in [3.8, 4) is 11.8 Å². The second kappa shape index (κ2) is 9.00. The summed E-state index contributed by atoms with van der Waals surface area (Å²) in [6.45, 7) is 5.40. The number of hydrogen-bond donors (Lipinski definition) is 1. The predicted molar refractivity (Wildman–Crippen MR) is 135 cm³/mol. The van der Waals surface area contributed by atoms with Gasteiger partial charge in [0.2, 0.25) is 5.95 Å². The van der Waals surface area contributed by atoms with Crippen LogP contribution in [-0.2, 0) is 20.1 Å². The van der Waals surface area contributed by atoms with E-state index in [0.29, 0.717) is 29.5 Å². The van der Waals surface area contributed by atoms with Gasteiger partial charge in [-0.15, -0.1) is 5.92 Å². The minimum absolute atomic E-state index is 0.0310. The molecule has 0 bridgehead atoms. The van der Waals surface area contributed by atoms with E-state index in [9.17, 15) is 9.59 Å². The molecule has 5 rings (SSSR count). The van der Waals surface area contributed by atoms with Crippen molar-refractivity contribution in [1.82, 2.24) is 28.7 Å². The van der Waals surface area contributed by atoms with Gasteiger partial charge in [-0.3, -0.25) is 18.5 Å². The number of nitrogens with two attached hydrogens (primary N) is 1. The Morgan fingerprint density at radius 1 is 1.20 bits per heavy atom. The molecule has 1 saturated heterocycles. The summed E-state index contributed by atoms with van der Waals surface area (Å²) in [5.74, 6) is 6.94. The fourth-order valence-electron chi connectivity index (χ4n) is 4.70. The molecule has 0 saturated carbocycles. The zero-order valence-electron chi connectivity index (χ0n) is 20.2. The van der Waals surface area contributed by atoms with E-state index in [2.05, 4.69) is 26.7 Å². The Balaban J connectivity index is 1.67. The van der Waals surface area contributed by atoms with Gasteiger partial charge in [-0.1, -0.05) is 18.1 Å². The van der Waals surface area contributed by atoms with E-state index in [1.807, 2.05) is 25.1 Å². The Labute approximate surface area is 202 Å². The normalized spacial score (nSPS) is 16.0. The Kier molecular flexibility index (Phi) is 5.86. The number of aryl methyl sites for hydroxylation is 2. The summed E-state index contributed by atoms with van der Waals surface area (Å²) in [4.78, 5) is 42.8. The molecule has 0 unspecified atom stereocenters. The Hall–Kier alpha value is -3.97. The third-order valence-electron chi connectivity index (χ3n) is 6.56. The van der Waals surface area contributed by atoms with E-state index in [1.54, 1.807) is 24.7 Å². The maximum absolute atomic E-state index is 13.7. The quantitative estimate of drug-likeness (QED) is 0.443. The molecule has 1 fully saturated rings. The molecule has 1 aliphatic heterocycles. The molecule has 4 heterocycles. The molecule has 1 aliphatic rings. The van der Waals surface area contributed by atoms with E-state index in [4.69, 9.17) is 10.7 Å². The number of aromatic nitrogens is 6. The average molecular weight is 473 g/mol. The third kappa shape index (κ3) is 3.98. The second-order valence-corrected chi connectivity index (χ2v) is 8.97. The Bertz CT molecular complexity index is 1620. The van der Waals surface area contributed by atoms with Gasteiger partial charge in [-0.2, -0.15) is 4.98 Å². The third-order valence-corrected chi connectivity index (χ3v) is 6.56. The highest BCUT2D eigenvalue weighted by atomic mass is 16.2. The van der Waals surface area contributed by atoms with Crippen molar-refractivity contribution < 1.29 is 0 Å². The zero-order valence-corrected chi connectivity index (χ0v) is 20.2. The SMILES string of the molecule is CC#CCn1c(N2CCC[C@@H](N)C2)nc2c1c(=O)n(Cc1ncc3c(C)cccc3n1)c(=O)n2C. The van der Waals surface area contributed by atoms with Crippen molar-refractivity contribution in [1.29, 1.82) is 0 Å². The lowest BCUT2D eigenvalue weighted by atomic mass is 10.1. The van der Waals surface area contributed by atoms with E-state index in [1.165, 1.54) is 9.13 Å². The van der Waals surface area contributed by atoms with Crippen LogP contribution in [-0.4, -0.2) is 47.8 Å². The number of nitrogens with zero attached hydrogens (tertiary/aromatic N) is 7. The first-order chi connectivity index (χ1) is 16.9. The first-order valence-corrected chi connectivity index (χ1v) is 11.7. The molecule has 0 spiro atoms. The summed E-state index contributed by atoms with van der Waals surface area (Å²) >= 11 is 0. The fourth-order valence-corrected chi connectivity index (χ4v) is 4.70. The van der Waals surface area contributed by atoms with Crippen molar-refractivity contribution >= 4 is 28.0 Å². The largest absolute Gasteiger partial charge is 0.341 e. The second-order valence-electron chi connectivity index (χ2n) is 8.97. The maximum atomic E-state index is 13.7. The summed E-state index contributed by atoms with van der Waals surface area (Å²) in [5, 5.41) is 0.938. The number of piperidine rings is 1. The lowest BCUT2D eigenvalue weighted by molar-refractivity contribution is 0.496. The standard InChI is InChI=1S/C25H28N8O2/c1-4-5-12-32-21-22(29-24(32)31-11-7-9-17(26)14-31)30(3)25(35)33(23(21)34)15-20-27-13-18-16(2)8-6-10-19(18)28-20/h6,8,10,13,17H,7,9,11-12,14-15,26H2,1-3H3/t17-/m1/s1. The molecule has 35 heavy (non-hydrogen) atoms. The van der Waals surface area contributed by atoms with Crippen LogP contribution in [0.1, 0.15) is 31.2 Å². The van der Waals surface area contributed by atoms with Gasteiger partial charge in [0.25, 0.3) is 5.56 Å². The molecule has 10 heteroatoms. The molecule has 0 radical (unpaired) electrons. The van der Waals surface area contributed by atoms with Gasteiger partial charge in [-0.05, 0) is 38.3 Å². The van der Waals surface area contributed by atoms with Crippen LogP contribution in [0.25, 0.3) is 22.1 Å². The van der Waals surface area contributed by atoms with Crippen molar-refractivity contribution in [3.63, 3.8) is 0 Å². The van der Waals surface area contributed by atoms with Gasteiger partial charge in [0.15, 0.2) is 11.2 Å². The lowest BCUT2D eigenvalue weighted by Crippen LogP contribution is -2.44. The number of benzene rings is 1. The van der Waals surface area contributed by atoms with E-state index < -0.39 is 11.2 Å². The average Bonchev–Trinajstić information content (AvgIpc) is 3.24. The van der Waals surface area contributed by atoms with Crippen molar-refractivity contribution in [2.24, 2.45) is 12.8 Å². The molecular formula is C25H28N8O2. The molecule has 2 N–H and O–H groups in total. The molecule has 180 valence electrons. The maximum Gasteiger partial charge on any atom is 0.332 e. The van der Waals surface area contributed by atoms with Crippen molar-refractivity contribution in [2.75, 3.05) is 18.0 Å². The zero-order chi connectivity index (χ0) is 24.7.